The van der Waals surface area contributed by atoms with Crippen molar-refractivity contribution < 1.29 is 14.0 Å². The Bertz CT molecular complexity index is 794. The Morgan fingerprint density at radius 3 is 2.52 bits per heavy atom. The maximum atomic E-state index is 5.75. The van der Waals surface area contributed by atoms with E-state index in [-0.39, 0.29) is 6.61 Å². The van der Waals surface area contributed by atoms with E-state index >= 15 is 0 Å². The summed E-state index contributed by atoms with van der Waals surface area (Å²) in [7, 11) is 1.63. The van der Waals surface area contributed by atoms with E-state index in [4.69, 9.17) is 14.0 Å². The first kappa shape index (κ1) is 15.1. The number of rotatable bonds is 5. The zero-order chi connectivity index (χ0) is 16.2. The fourth-order valence-electron chi connectivity index (χ4n) is 2.27. The summed E-state index contributed by atoms with van der Waals surface area (Å²) in [5.74, 6) is 2.58. The van der Waals surface area contributed by atoms with Gasteiger partial charge in [-0.25, -0.2) is 0 Å². The molecule has 0 amide bonds. The molecule has 2 aromatic carbocycles. The van der Waals surface area contributed by atoms with Crippen LogP contribution in [-0.4, -0.2) is 17.3 Å². The summed E-state index contributed by atoms with van der Waals surface area (Å²) < 4.78 is 16.1. The lowest BCUT2D eigenvalue weighted by Crippen LogP contribution is -1.97. The zero-order valence-corrected chi connectivity index (χ0v) is 13.4. The van der Waals surface area contributed by atoms with E-state index in [1.165, 1.54) is 5.56 Å². The molecule has 0 atom stereocenters. The Balaban J connectivity index is 1.69. The van der Waals surface area contributed by atoms with E-state index in [0.29, 0.717) is 11.7 Å². The van der Waals surface area contributed by atoms with Crippen LogP contribution >= 0.6 is 0 Å². The average molecular weight is 310 g/mol. The molecular weight excluding hydrogens is 292 g/mol. The van der Waals surface area contributed by atoms with E-state index in [9.17, 15) is 0 Å². The van der Waals surface area contributed by atoms with Crippen LogP contribution in [0.5, 0.6) is 11.5 Å². The Morgan fingerprint density at radius 2 is 1.83 bits per heavy atom. The molecule has 0 N–H and O–H groups in total. The first-order valence-corrected chi connectivity index (χ1v) is 7.33. The predicted octanol–water partition coefficient (Wildman–Crippen LogP) is 3.94. The zero-order valence-electron chi connectivity index (χ0n) is 13.4. The van der Waals surface area contributed by atoms with E-state index in [0.717, 1.165) is 22.6 Å². The van der Waals surface area contributed by atoms with E-state index in [1.54, 1.807) is 7.11 Å². The fraction of sp³-hybridized carbons (Fsp3) is 0.222. The third kappa shape index (κ3) is 3.51. The van der Waals surface area contributed by atoms with Crippen LogP contribution in [0, 0.1) is 13.8 Å². The van der Waals surface area contributed by atoms with Crippen molar-refractivity contribution >= 4 is 0 Å². The molecular formula is C18H18N2O3. The molecule has 0 aliphatic heterocycles. The van der Waals surface area contributed by atoms with Gasteiger partial charge in [-0.2, -0.15) is 4.98 Å². The van der Waals surface area contributed by atoms with Gasteiger partial charge in [0.15, 0.2) is 6.61 Å². The summed E-state index contributed by atoms with van der Waals surface area (Å²) in [5, 5.41) is 3.98. The molecule has 0 saturated heterocycles. The van der Waals surface area contributed by atoms with Crippen molar-refractivity contribution in [2.24, 2.45) is 0 Å². The molecule has 0 aliphatic rings. The van der Waals surface area contributed by atoms with Crippen molar-refractivity contribution in [3.8, 4) is 22.9 Å². The van der Waals surface area contributed by atoms with Gasteiger partial charge in [-0.1, -0.05) is 22.9 Å². The molecule has 1 heterocycles. The van der Waals surface area contributed by atoms with Gasteiger partial charge in [0.25, 0.3) is 5.89 Å². The molecule has 0 saturated carbocycles. The SMILES string of the molecule is COc1ccc(-c2noc(COc3ccc(C)cc3C)n2)cc1. The molecule has 5 nitrogen and oxygen atoms in total. The first-order valence-electron chi connectivity index (χ1n) is 7.33. The molecule has 0 radical (unpaired) electrons. The third-order valence-corrected chi connectivity index (χ3v) is 3.50. The second-order valence-electron chi connectivity index (χ2n) is 5.30. The number of hydrogen-bond donors (Lipinski definition) is 0. The molecule has 23 heavy (non-hydrogen) atoms. The Hall–Kier alpha value is -2.82. The van der Waals surface area contributed by atoms with Gasteiger partial charge in [-0.05, 0) is 49.7 Å². The number of aryl methyl sites for hydroxylation is 2. The van der Waals surface area contributed by atoms with Gasteiger partial charge in [0, 0.05) is 5.56 Å². The van der Waals surface area contributed by atoms with Gasteiger partial charge in [-0.15, -0.1) is 0 Å². The van der Waals surface area contributed by atoms with Gasteiger partial charge in [0.1, 0.15) is 11.5 Å². The van der Waals surface area contributed by atoms with Crippen LogP contribution < -0.4 is 9.47 Å². The minimum absolute atomic E-state index is 0.243. The summed E-state index contributed by atoms with van der Waals surface area (Å²) in [6, 6.07) is 13.5. The van der Waals surface area contributed by atoms with Gasteiger partial charge in [0.2, 0.25) is 5.82 Å². The fourth-order valence-corrected chi connectivity index (χ4v) is 2.27. The standard InChI is InChI=1S/C18H18N2O3/c1-12-4-9-16(13(2)10-12)22-11-17-19-18(20-23-17)14-5-7-15(21-3)8-6-14/h4-10H,11H2,1-3H3. The van der Waals surface area contributed by atoms with Gasteiger partial charge < -0.3 is 14.0 Å². The van der Waals surface area contributed by atoms with E-state index in [1.807, 2.05) is 43.3 Å². The van der Waals surface area contributed by atoms with Crippen LogP contribution in [0.2, 0.25) is 0 Å². The smallest absolute Gasteiger partial charge is 0.264 e. The summed E-state index contributed by atoms with van der Waals surface area (Å²) in [6.45, 7) is 4.31. The van der Waals surface area contributed by atoms with Crippen LogP contribution in [0.1, 0.15) is 17.0 Å². The number of hydrogen-bond acceptors (Lipinski definition) is 5. The molecule has 0 bridgehead atoms. The maximum Gasteiger partial charge on any atom is 0.264 e. The maximum absolute atomic E-state index is 5.75. The van der Waals surface area contributed by atoms with Crippen LogP contribution in [0.4, 0.5) is 0 Å². The lowest BCUT2D eigenvalue weighted by molar-refractivity contribution is 0.241. The Labute approximate surface area is 134 Å². The highest BCUT2D eigenvalue weighted by molar-refractivity contribution is 5.55. The molecule has 118 valence electrons. The number of ether oxygens (including phenoxy) is 2. The number of benzene rings is 2. The van der Waals surface area contributed by atoms with Crippen molar-refractivity contribution in [2.75, 3.05) is 7.11 Å². The lowest BCUT2D eigenvalue weighted by atomic mass is 10.1. The number of methoxy groups -OCH3 is 1. The summed E-state index contributed by atoms with van der Waals surface area (Å²) >= 11 is 0. The minimum Gasteiger partial charge on any atom is -0.497 e. The summed E-state index contributed by atoms with van der Waals surface area (Å²) in [6.07, 6.45) is 0. The number of aromatic nitrogens is 2. The molecule has 0 unspecified atom stereocenters. The highest BCUT2D eigenvalue weighted by atomic mass is 16.5. The topological polar surface area (TPSA) is 57.4 Å². The van der Waals surface area contributed by atoms with Crippen molar-refractivity contribution in [3.63, 3.8) is 0 Å². The Morgan fingerprint density at radius 1 is 1.04 bits per heavy atom. The normalized spacial score (nSPS) is 10.6. The van der Waals surface area contributed by atoms with Crippen molar-refractivity contribution in [3.05, 3.63) is 59.5 Å². The molecule has 3 aromatic rings. The van der Waals surface area contributed by atoms with Crippen molar-refractivity contribution in [1.82, 2.24) is 10.1 Å². The van der Waals surface area contributed by atoms with Crippen LogP contribution in [0.25, 0.3) is 11.4 Å². The minimum atomic E-state index is 0.243. The molecule has 5 heteroatoms. The van der Waals surface area contributed by atoms with Crippen molar-refractivity contribution in [1.29, 1.82) is 0 Å². The summed E-state index contributed by atoms with van der Waals surface area (Å²) in [5.41, 5.74) is 3.15. The number of nitrogens with zero attached hydrogens (tertiary/aromatic N) is 2. The van der Waals surface area contributed by atoms with E-state index in [2.05, 4.69) is 23.1 Å². The monoisotopic (exact) mass is 310 g/mol. The molecule has 3 rings (SSSR count). The highest BCUT2D eigenvalue weighted by Crippen LogP contribution is 2.22. The molecule has 0 spiro atoms. The van der Waals surface area contributed by atoms with Crippen molar-refractivity contribution in [2.45, 2.75) is 20.5 Å². The van der Waals surface area contributed by atoms with E-state index < -0.39 is 0 Å². The van der Waals surface area contributed by atoms with Gasteiger partial charge in [0.05, 0.1) is 7.11 Å². The van der Waals surface area contributed by atoms with Crippen LogP contribution in [-0.2, 0) is 6.61 Å². The van der Waals surface area contributed by atoms with Crippen LogP contribution in [0.15, 0.2) is 47.0 Å². The third-order valence-electron chi connectivity index (χ3n) is 3.50. The molecule has 0 aliphatic carbocycles. The molecule has 1 aromatic heterocycles. The van der Waals surface area contributed by atoms with Crippen LogP contribution in [0.3, 0.4) is 0 Å². The quantitative estimate of drug-likeness (QED) is 0.714. The summed E-state index contributed by atoms with van der Waals surface area (Å²) in [4.78, 5) is 4.35. The second-order valence-corrected chi connectivity index (χ2v) is 5.30. The largest absolute Gasteiger partial charge is 0.497 e. The van der Waals surface area contributed by atoms with Gasteiger partial charge in [-0.3, -0.25) is 0 Å². The average Bonchev–Trinajstić information content (AvgIpc) is 3.03. The van der Waals surface area contributed by atoms with Gasteiger partial charge >= 0.3 is 0 Å². The highest BCUT2D eigenvalue weighted by Gasteiger charge is 2.10. The Kier molecular flexibility index (Phi) is 4.28. The molecule has 0 fully saturated rings. The second kappa shape index (κ2) is 6.52. The first-order chi connectivity index (χ1) is 11.2. The predicted molar refractivity (Wildman–Crippen MR) is 86.5 cm³/mol. The lowest BCUT2D eigenvalue weighted by Gasteiger charge is -2.07.